The molecule has 1 aliphatic rings. The molecule has 0 saturated carbocycles. The lowest BCUT2D eigenvalue weighted by atomic mass is 9.79. The maximum Gasteiger partial charge on any atom is 0.0653 e. The Bertz CT molecular complexity index is 2060. The van der Waals surface area contributed by atoms with Crippen molar-refractivity contribution in [2.45, 2.75) is 12.0 Å². The van der Waals surface area contributed by atoms with Crippen LogP contribution in [0.3, 0.4) is 0 Å². The molecule has 8 rings (SSSR count). The van der Waals surface area contributed by atoms with Gasteiger partial charge in [-0.15, -0.1) is 22.7 Å². The Morgan fingerprint density at radius 2 is 1.50 bits per heavy atom. The number of fused-ring (bicyclic) bond motifs is 9. The van der Waals surface area contributed by atoms with Gasteiger partial charge in [-0.1, -0.05) is 72.8 Å². The van der Waals surface area contributed by atoms with Gasteiger partial charge in [0.15, 0.2) is 0 Å². The van der Waals surface area contributed by atoms with Gasteiger partial charge in [0.25, 0.3) is 0 Å². The molecule has 7 aromatic rings. The van der Waals surface area contributed by atoms with Gasteiger partial charge < -0.3 is 11.5 Å². The zero-order chi connectivity index (χ0) is 24.0. The molecule has 0 amide bonds. The van der Waals surface area contributed by atoms with Crippen LogP contribution in [0.1, 0.15) is 16.0 Å². The quantitative estimate of drug-likeness (QED) is 0.135. The normalized spacial score (nSPS) is 17.6. The summed E-state index contributed by atoms with van der Waals surface area (Å²) in [5, 5.41) is 8.82. The van der Waals surface area contributed by atoms with Crippen molar-refractivity contribution in [3.8, 4) is 0 Å². The maximum atomic E-state index is 7.29. The van der Waals surface area contributed by atoms with Gasteiger partial charge >= 0.3 is 0 Å². The summed E-state index contributed by atoms with van der Waals surface area (Å²) in [6, 6.07) is 30.5. The highest BCUT2D eigenvalue weighted by Crippen LogP contribution is 2.48. The second-order valence-corrected chi connectivity index (χ2v) is 12.1. The lowest BCUT2D eigenvalue weighted by Crippen LogP contribution is -2.38. The number of rotatable bonds is 1. The molecule has 36 heavy (non-hydrogen) atoms. The molecular weight excluding hydrogens is 477 g/mol. The van der Waals surface area contributed by atoms with Gasteiger partial charge in [0.05, 0.1) is 14.9 Å². The molecule has 2 nitrogen and oxygen atoms in total. The first kappa shape index (κ1) is 20.5. The molecule has 4 heteroatoms. The van der Waals surface area contributed by atoms with Crippen molar-refractivity contribution in [1.82, 2.24) is 0 Å². The van der Waals surface area contributed by atoms with Gasteiger partial charge in [-0.2, -0.15) is 0 Å². The summed E-state index contributed by atoms with van der Waals surface area (Å²) in [6.07, 6.45) is 5.29. The number of hydrogen-bond acceptors (Lipinski definition) is 4. The molecule has 1 atom stereocenters. The number of nitrogens with two attached hydrogens (primary N) is 2. The first-order valence-electron chi connectivity index (χ1n) is 12.1. The zero-order valence-electron chi connectivity index (χ0n) is 19.4. The van der Waals surface area contributed by atoms with Crippen molar-refractivity contribution < 1.29 is 0 Å². The van der Waals surface area contributed by atoms with Gasteiger partial charge in [0.1, 0.15) is 0 Å². The first-order chi connectivity index (χ1) is 17.6. The highest BCUT2D eigenvalue weighted by atomic mass is 32.1. The van der Waals surface area contributed by atoms with Crippen LogP contribution in [0.25, 0.3) is 57.9 Å². The molecule has 1 unspecified atom stereocenters. The van der Waals surface area contributed by atoms with Gasteiger partial charge in [-0.3, -0.25) is 0 Å². The van der Waals surface area contributed by atoms with Gasteiger partial charge in [0.2, 0.25) is 0 Å². The van der Waals surface area contributed by atoms with E-state index in [1.165, 1.54) is 67.8 Å². The summed E-state index contributed by atoms with van der Waals surface area (Å²) >= 11 is 3.72. The highest BCUT2D eigenvalue weighted by molar-refractivity contribution is 7.33. The molecule has 0 fully saturated rings. The summed E-state index contributed by atoms with van der Waals surface area (Å²) in [5.74, 6) is 0. The molecule has 0 spiro atoms. The summed E-state index contributed by atoms with van der Waals surface area (Å²) in [5.41, 5.74) is 16.1. The number of anilines is 1. The van der Waals surface area contributed by atoms with E-state index in [1.807, 2.05) is 28.7 Å². The third kappa shape index (κ3) is 2.80. The number of benzene rings is 5. The van der Waals surface area contributed by atoms with E-state index in [2.05, 4.69) is 91.0 Å². The summed E-state index contributed by atoms with van der Waals surface area (Å²) < 4.78 is 3.96. The van der Waals surface area contributed by atoms with Crippen LogP contribution in [0, 0.1) is 0 Å². The van der Waals surface area contributed by atoms with Gasteiger partial charge in [0, 0.05) is 32.6 Å². The van der Waals surface area contributed by atoms with Gasteiger partial charge in [-0.25, -0.2) is 0 Å². The Balaban J connectivity index is 1.35. The van der Waals surface area contributed by atoms with Crippen molar-refractivity contribution in [2.24, 2.45) is 5.73 Å². The number of thiophene rings is 2. The van der Waals surface area contributed by atoms with E-state index >= 15 is 0 Å². The monoisotopic (exact) mass is 498 g/mol. The SMILES string of the molecule is Nc1ccc2c(c1)sc1c3c(sc12)CC(N)(c1cccc2ccc4cc5ccccc5cc4c12)C=C3. The minimum absolute atomic E-state index is 0.570. The van der Waals surface area contributed by atoms with Crippen LogP contribution in [0.15, 0.2) is 91.0 Å². The summed E-state index contributed by atoms with van der Waals surface area (Å²) in [4.78, 5) is 1.36. The molecule has 172 valence electrons. The number of hydrogen-bond donors (Lipinski definition) is 2. The van der Waals surface area contributed by atoms with Crippen LogP contribution in [0.4, 0.5) is 5.69 Å². The van der Waals surface area contributed by atoms with Crippen LogP contribution in [0.2, 0.25) is 0 Å². The van der Waals surface area contributed by atoms with E-state index in [1.54, 1.807) is 0 Å². The molecule has 5 aromatic carbocycles. The molecule has 2 aromatic heterocycles. The van der Waals surface area contributed by atoms with Gasteiger partial charge in [-0.05, 0) is 62.1 Å². The standard InChI is InChI=1S/C32H22N2S2/c33-22-10-11-23-27(16-22)35-31-24-12-13-32(34,17-28(24)36-30(23)31)26-7-3-6-18-8-9-21-14-19-4-1-2-5-20(19)15-25(21)29(18)26/h1-16H,17,33-34H2. The van der Waals surface area contributed by atoms with E-state index in [9.17, 15) is 0 Å². The van der Waals surface area contributed by atoms with Crippen LogP contribution < -0.4 is 11.5 Å². The summed E-state index contributed by atoms with van der Waals surface area (Å²) in [7, 11) is 0. The molecule has 0 bridgehead atoms. The van der Waals surface area contributed by atoms with Crippen molar-refractivity contribution >= 4 is 86.2 Å². The van der Waals surface area contributed by atoms with E-state index in [4.69, 9.17) is 11.5 Å². The van der Waals surface area contributed by atoms with Crippen molar-refractivity contribution in [3.05, 3.63) is 107 Å². The predicted molar refractivity (Wildman–Crippen MR) is 159 cm³/mol. The largest absolute Gasteiger partial charge is 0.399 e. The zero-order valence-corrected chi connectivity index (χ0v) is 21.0. The lowest BCUT2D eigenvalue weighted by molar-refractivity contribution is 0.565. The Morgan fingerprint density at radius 3 is 2.39 bits per heavy atom. The Morgan fingerprint density at radius 1 is 0.694 bits per heavy atom. The average Bonchev–Trinajstić information content (AvgIpc) is 3.41. The van der Waals surface area contributed by atoms with Crippen molar-refractivity contribution in [2.75, 3.05) is 5.73 Å². The molecule has 2 heterocycles. The van der Waals surface area contributed by atoms with Crippen LogP contribution in [-0.2, 0) is 12.0 Å². The predicted octanol–water partition coefficient (Wildman–Crippen LogP) is 8.58. The minimum Gasteiger partial charge on any atom is -0.399 e. The van der Waals surface area contributed by atoms with E-state index in [0.29, 0.717) is 0 Å². The lowest BCUT2D eigenvalue weighted by Gasteiger charge is -2.31. The summed E-state index contributed by atoms with van der Waals surface area (Å²) in [6.45, 7) is 0. The Kier molecular flexibility index (Phi) is 4.08. The van der Waals surface area contributed by atoms with E-state index in [0.717, 1.165) is 12.1 Å². The second-order valence-electron chi connectivity index (χ2n) is 9.90. The van der Waals surface area contributed by atoms with Crippen LogP contribution in [-0.4, -0.2) is 0 Å². The molecular formula is C32H22N2S2. The average molecular weight is 499 g/mol. The maximum absolute atomic E-state index is 7.29. The Labute approximate surface area is 216 Å². The number of nitrogen functional groups attached to an aromatic ring is 1. The molecule has 0 aliphatic heterocycles. The topological polar surface area (TPSA) is 52.0 Å². The Hall–Kier alpha value is -3.70. The van der Waals surface area contributed by atoms with Crippen molar-refractivity contribution in [3.63, 3.8) is 0 Å². The molecule has 1 aliphatic carbocycles. The van der Waals surface area contributed by atoms with E-state index < -0.39 is 5.54 Å². The van der Waals surface area contributed by atoms with Crippen LogP contribution in [0.5, 0.6) is 0 Å². The van der Waals surface area contributed by atoms with Crippen LogP contribution >= 0.6 is 22.7 Å². The molecule has 4 N–H and O–H groups in total. The molecule has 0 saturated heterocycles. The fourth-order valence-electron chi connectivity index (χ4n) is 5.90. The third-order valence-corrected chi connectivity index (χ3v) is 10.2. The third-order valence-electron chi connectivity index (χ3n) is 7.67. The fourth-order valence-corrected chi connectivity index (χ4v) is 8.81. The minimum atomic E-state index is -0.570. The first-order valence-corrected chi connectivity index (χ1v) is 13.8. The highest BCUT2D eigenvalue weighted by Gasteiger charge is 2.33. The fraction of sp³-hybridized carbons (Fsp3) is 0.0625. The second kappa shape index (κ2) is 7.17. The smallest absolute Gasteiger partial charge is 0.0653 e. The van der Waals surface area contributed by atoms with Crippen molar-refractivity contribution in [1.29, 1.82) is 0 Å². The molecule has 0 radical (unpaired) electrons. The van der Waals surface area contributed by atoms with E-state index in [-0.39, 0.29) is 0 Å².